The summed E-state index contributed by atoms with van der Waals surface area (Å²) in [5.41, 5.74) is 8.44. The zero-order chi connectivity index (χ0) is 11.7. The standard InChI is InChI=1S/C12H12N2O2/c1-7-3-4-10-8(5-7)9(13)6-11(14-10)12(15)16-2/h3-6H,1-2H3,(H2,13,14). The van der Waals surface area contributed by atoms with Gasteiger partial charge in [-0.25, -0.2) is 9.78 Å². The molecular formula is C12H12N2O2. The number of nitrogens with two attached hydrogens (primary N) is 1. The number of pyridine rings is 1. The van der Waals surface area contributed by atoms with Crippen LogP contribution in [-0.4, -0.2) is 18.1 Å². The first-order chi connectivity index (χ1) is 7.61. The first-order valence-electron chi connectivity index (χ1n) is 4.87. The number of fused-ring (bicyclic) bond motifs is 1. The minimum Gasteiger partial charge on any atom is -0.464 e. The van der Waals surface area contributed by atoms with E-state index in [-0.39, 0.29) is 5.69 Å². The fraction of sp³-hybridized carbons (Fsp3) is 0.167. The van der Waals surface area contributed by atoms with Gasteiger partial charge in [-0.15, -0.1) is 0 Å². The maximum atomic E-state index is 11.3. The molecule has 2 rings (SSSR count). The number of benzene rings is 1. The number of carbonyl (C=O) groups is 1. The summed E-state index contributed by atoms with van der Waals surface area (Å²) in [6, 6.07) is 7.25. The Morgan fingerprint density at radius 3 is 2.81 bits per heavy atom. The zero-order valence-electron chi connectivity index (χ0n) is 9.15. The highest BCUT2D eigenvalue weighted by atomic mass is 16.5. The number of hydrogen-bond acceptors (Lipinski definition) is 4. The summed E-state index contributed by atoms with van der Waals surface area (Å²) in [6.07, 6.45) is 0. The summed E-state index contributed by atoms with van der Waals surface area (Å²) < 4.78 is 4.61. The molecule has 0 saturated heterocycles. The van der Waals surface area contributed by atoms with Gasteiger partial charge in [0, 0.05) is 11.1 Å². The Hall–Kier alpha value is -2.10. The Balaban J connectivity index is 2.68. The van der Waals surface area contributed by atoms with Crippen molar-refractivity contribution in [3.05, 3.63) is 35.5 Å². The Labute approximate surface area is 93.0 Å². The first kappa shape index (κ1) is 10.4. The summed E-state index contributed by atoms with van der Waals surface area (Å²) >= 11 is 0. The molecule has 0 radical (unpaired) electrons. The van der Waals surface area contributed by atoms with E-state index in [2.05, 4.69) is 9.72 Å². The normalized spacial score (nSPS) is 10.4. The summed E-state index contributed by atoms with van der Waals surface area (Å²) in [5, 5.41) is 0.854. The van der Waals surface area contributed by atoms with Gasteiger partial charge in [0.1, 0.15) is 0 Å². The molecule has 4 heteroatoms. The van der Waals surface area contributed by atoms with E-state index in [1.807, 2.05) is 25.1 Å². The van der Waals surface area contributed by atoms with E-state index >= 15 is 0 Å². The Kier molecular flexibility index (Phi) is 2.48. The molecule has 82 valence electrons. The molecule has 0 amide bonds. The average Bonchev–Trinajstić information content (AvgIpc) is 2.28. The lowest BCUT2D eigenvalue weighted by atomic mass is 10.1. The molecule has 0 aliphatic rings. The van der Waals surface area contributed by atoms with Crippen LogP contribution in [0.2, 0.25) is 0 Å². The fourth-order valence-corrected chi connectivity index (χ4v) is 1.57. The third-order valence-electron chi connectivity index (χ3n) is 2.39. The van der Waals surface area contributed by atoms with E-state index in [1.165, 1.54) is 13.2 Å². The van der Waals surface area contributed by atoms with Crippen LogP contribution in [-0.2, 0) is 4.74 Å². The molecule has 16 heavy (non-hydrogen) atoms. The van der Waals surface area contributed by atoms with Gasteiger partial charge in [0.15, 0.2) is 5.69 Å². The topological polar surface area (TPSA) is 65.2 Å². The maximum absolute atomic E-state index is 11.3. The van der Waals surface area contributed by atoms with Gasteiger partial charge in [-0.05, 0) is 25.1 Å². The third kappa shape index (κ3) is 1.69. The quantitative estimate of drug-likeness (QED) is 0.739. The van der Waals surface area contributed by atoms with Crippen molar-refractivity contribution in [3.63, 3.8) is 0 Å². The number of esters is 1. The highest BCUT2D eigenvalue weighted by Gasteiger charge is 2.10. The van der Waals surface area contributed by atoms with E-state index in [0.29, 0.717) is 11.2 Å². The van der Waals surface area contributed by atoms with Crippen LogP contribution in [0.4, 0.5) is 5.69 Å². The molecule has 4 nitrogen and oxygen atoms in total. The van der Waals surface area contributed by atoms with Crippen LogP contribution in [0.5, 0.6) is 0 Å². The van der Waals surface area contributed by atoms with E-state index in [9.17, 15) is 4.79 Å². The average molecular weight is 216 g/mol. The van der Waals surface area contributed by atoms with Crippen LogP contribution in [0.1, 0.15) is 16.1 Å². The van der Waals surface area contributed by atoms with Crippen molar-refractivity contribution >= 4 is 22.6 Å². The van der Waals surface area contributed by atoms with Gasteiger partial charge < -0.3 is 10.5 Å². The predicted molar refractivity (Wildman–Crippen MR) is 62.2 cm³/mol. The van der Waals surface area contributed by atoms with Crippen molar-refractivity contribution < 1.29 is 9.53 Å². The van der Waals surface area contributed by atoms with Gasteiger partial charge in [0.05, 0.1) is 12.6 Å². The van der Waals surface area contributed by atoms with Crippen LogP contribution >= 0.6 is 0 Å². The predicted octanol–water partition coefficient (Wildman–Crippen LogP) is 1.91. The fourth-order valence-electron chi connectivity index (χ4n) is 1.57. The number of anilines is 1. The molecule has 0 unspecified atom stereocenters. The molecule has 1 aromatic carbocycles. The van der Waals surface area contributed by atoms with Crippen molar-refractivity contribution in [2.24, 2.45) is 0 Å². The second-order valence-electron chi connectivity index (χ2n) is 3.61. The summed E-state index contributed by atoms with van der Waals surface area (Å²) in [6.45, 7) is 1.98. The second kappa shape index (κ2) is 3.81. The van der Waals surface area contributed by atoms with Crippen molar-refractivity contribution in [1.29, 1.82) is 0 Å². The largest absolute Gasteiger partial charge is 0.464 e. The second-order valence-corrected chi connectivity index (χ2v) is 3.61. The number of rotatable bonds is 1. The van der Waals surface area contributed by atoms with Crippen LogP contribution in [0.3, 0.4) is 0 Å². The molecule has 0 spiro atoms. The Bertz CT molecular complexity index is 564. The molecule has 0 bridgehead atoms. The maximum Gasteiger partial charge on any atom is 0.356 e. The van der Waals surface area contributed by atoms with Crippen LogP contribution in [0, 0.1) is 6.92 Å². The summed E-state index contributed by atoms with van der Waals surface area (Å²) in [7, 11) is 1.32. The van der Waals surface area contributed by atoms with Gasteiger partial charge in [0.2, 0.25) is 0 Å². The molecule has 0 atom stereocenters. The molecule has 2 N–H and O–H groups in total. The molecule has 1 aromatic heterocycles. The minimum absolute atomic E-state index is 0.233. The lowest BCUT2D eigenvalue weighted by Gasteiger charge is -2.05. The molecule has 0 saturated carbocycles. The third-order valence-corrected chi connectivity index (χ3v) is 2.39. The van der Waals surface area contributed by atoms with Gasteiger partial charge in [-0.3, -0.25) is 0 Å². The van der Waals surface area contributed by atoms with Gasteiger partial charge in [-0.2, -0.15) is 0 Å². The molecule has 1 heterocycles. The summed E-state index contributed by atoms with van der Waals surface area (Å²) in [4.78, 5) is 15.5. The molecule has 0 fully saturated rings. The number of nitrogen functional groups attached to an aromatic ring is 1. The number of hydrogen-bond donors (Lipinski definition) is 1. The van der Waals surface area contributed by atoms with Crippen molar-refractivity contribution in [1.82, 2.24) is 4.98 Å². The highest BCUT2D eigenvalue weighted by molar-refractivity contribution is 5.97. The van der Waals surface area contributed by atoms with E-state index in [4.69, 9.17) is 5.73 Å². The molecule has 0 aliphatic carbocycles. The molecule has 0 aliphatic heterocycles. The van der Waals surface area contributed by atoms with E-state index < -0.39 is 5.97 Å². The summed E-state index contributed by atoms with van der Waals surface area (Å²) in [5.74, 6) is -0.478. The number of methoxy groups -OCH3 is 1. The van der Waals surface area contributed by atoms with Crippen molar-refractivity contribution in [3.8, 4) is 0 Å². The van der Waals surface area contributed by atoms with Gasteiger partial charge in [0.25, 0.3) is 0 Å². The molecular weight excluding hydrogens is 204 g/mol. The van der Waals surface area contributed by atoms with Crippen LogP contribution in [0.25, 0.3) is 10.9 Å². The SMILES string of the molecule is COC(=O)c1cc(N)c2cc(C)ccc2n1. The number of aromatic nitrogens is 1. The number of ether oxygens (including phenoxy) is 1. The highest BCUT2D eigenvalue weighted by Crippen LogP contribution is 2.21. The van der Waals surface area contributed by atoms with Crippen LogP contribution < -0.4 is 5.73 Å². The first-order valence-corrected chi connectivity index (χ1v) is 4.87. The lowest BCUT2D eigenvalue weighted by Crippen LogP contribution is -2.05. The number of carbonyl (C=O) groups excluding carboxylic acids is 1. The van der Waals surface area contributed by atoms with Gasteiger partial charge in [-0.1, -0.05) is 11.6 Å². The van der Waals surface area contributed by atoms with Crippen molar-refractivity contribution in [2.45, 2.75) is 6.92 Å². The number of nitrogens with zero attached hydrogens (tertiary/aromatic N) is 1. The lowest BCUT2D eigenvalue weighted by molar-refractivity contribution is 0.0594. The van der Waals surface area contributed by atoms with Crippen LogP contribution in [0.15, 0.2) is 24.3 Å². The minimum atomic E-state index is -0.478. The van der Waals surface area contributed by atoms with E-state index in [1.54, 1.807) is 0 Å². The van der Waals surface area contributed by atoms with Gasteiger partial charge >= 0.3 is 5.97 Å². The number of aryl methyl sites for hydroxylation is 1. The zero-order valence-corrected chi connectivity index (χ0v) is 9.15. The Morgan fingerprint density at radius 1 is 1.38 bits per heavy atom. The van der Waals surface area contributed by atoms with Crippen molar-refractivity contribution in [2.75, 3.05) is 12.8 Å². The monoisotopic (exact) mass is 216 g/mol. The van der Waals surface area contributed by atoms with E-state index in [0.717, 1.165) is 10.9 Å². The Morgan fingerprint density at radius 2 is 2.12 bits per heavy atom. The smallest absolute Gasteiger partial charge is 0.356 e. The molecule has 2 aromatic rings.